The number of alkyl carbamates (subject to hydrolysis) is 1. The van der Waals surface area contributed by atoms with Crippen molar-refractivity contribution in [2.45, 2.75) is 129 Å². The Kier molecular flexibility index (Phi) is 16.0. The average molecular weight is 474 g/mol. The molecule has 3 N–H and O–H groups in total. The number of aliphatic carboxylic acids is 2. The van der Waals surface area contributed by atoms with E-state index in [0.29, 0.717) is 6.42 Å². The van der Waals surface area contributed by atoms with Gasteiger partial charge in [0.25, 0.3) is 0 Å². The van der Waals surface area contributed by atoms with Crippen molar-refractivity contribution in [3.05, 3.63) is 0 Å². The van der Waals surface area contributed by atoms with Crippen LogP contribution in [0.15, 0.2) is 0 Å². The molecule has 0 aromatic heterocycles. The molecule has 9 heteroatoms. The highest BCUT2D eigenvalue weighted by Gasteiger charge is 2.26. The number of carbonyl (C=O) groups is 4. The van der Waals surface area contributed by atoms with E-state index in [-0.39, 0.29) is 19.3 Å². The predicted octanol–water partition coefficient (Wildman–Crippen LogP) is 5.05. The Labute approximate surface area is 197 Å². The van der Waals surface area contributed by atoms with E-state index in [1.54, 1.807) is 20.8 Å². The van der Waals surface area contributed by atoms with E-state index in [1.165, 1.54) is 32.1 Å². The van der Waals surface area contributed by atoms with Gasteiger partial charge in [0.05, 0.1) is 6.42 Å². The average Bonchev–Trinajstić information content (AvgIpc) is 2.67. The van der Waals surface area contributed by atoms with E-state index >= 15 is 0 Å². The van der Waals surface area contributed by atoms with Gasteiger partial charge in [-0.25, -0.2) is 9.59 Å². The largest absolute Gasteiger partial charge is 0.481 e. The summed E-state index contributed by atoms with van der Waals surface area (Å²) >= 11 is 0. The highest BCUT2D eigenvalue weighted by molar-refractivity contribution is 5.81. The molecule has 0 rings (SSSR count). The number of rotatable bonds is 18. The molecular formula is C24H43NO8. The van der Waals surface area contributed by atoms with E-state index in [0.717, 1.165) is 25.7 Å². The third-order valence-electron chi connectivity index (χ3n) is 4.96. The first-order chi connectivity index (χ1) is 15.4. The van der Waals surface area contributed by atoms with Crippen molar-refractivity contribution in [3.63, 3.8) is 0 Å². The van der Waals surface area contributed by atoms with Crippen molar-refractivity contribution < 1.29 is 38.9 Å². The molecule has 0 bridgehead atoms. The zero-order valence-corrected chi connectivity index (χ0v) is 20.7. The minimum Gasteiger partial charge on any atom is -0.481 e. The van der Waals surface area contributed by atoms with Crippen molar-refractivity contribution in [2.24, 2.45) is 0 Å². The van der Waals surface area contributed by atoms with Gasteiger partial charge in [0.1, 0.15) is 17.7 Å². The summed E-state index contributed by atoms with van der Waals surface area (Å²) in [6, 6.07) is -1.32. The van der Waals surface area contributed by atoms with Gasteiger partial charge in [-0.1, -0.05) is 58.3 Å². The molecule has 9 nitrogen and oxygen atoms in total. The van der Waals surface area contributed by atoms with Crippen LogP contribution in [0, 0.1) is 0 Å². The molecule has 192 valence electrons. The van der Waals surface area contributed by atoms with Crippen molar-refractivity contribution >= 4 is 24.0 Å². The first kappa shape index (κ1) is 30.7. The maximum Gasteiger partial charge on any atom is 0.408 e. The predicted molar refractivity (Wildman–Crippen MR) is 124 cm³/mol. The summed E-state index contributed by atoms with van der Waals surface area (Å²) in [5, 5.41) is 20.6. The summed E-state index contributed by atoms with van der Waals surface area (Å²) in [5.41, 5.74) is -0.787. The first-order valence-electron chi connectivity index (χ1n) is 12.1. The third kappa shape index (κ3) is 18.9. The maximum atomic E-state index is 12.2. The van der Waals surface area contributed by atoms with Gasteiger partial charge < -0.3 is 25.0 Å². The standard InChI is InChI=1S/C24H43NO8/c1-5-6-7-8-9-10-11-12-13-14-18(17-20(26)27)32-21(28)16-15-19(22(29)30)25-23(31)33-24(2,3)4/h18-19H,5-17H2,1-4H3,(H,25,31)(H,26,27)(H,29,30)/t18-,19?/m1/s1. The van der Waals surface area contributed by atoms with Gasteiger partial charge in [0.2, 0.25) is 0 Å². The summed E-state index contributed by atoms with van der Waals surface area (Å²) in [7, 11) is 0. The molecule has 0 radical (unpaired) electrons. The van der Waals surface area contributed by atoms with Crippen molar-refractivity contribution in [2.75, 3.05) is 0 Å². The highest BCUT2D eigenvalue weighted by Crippen LogP contribution is 2.15. The number of esters is 1. The summed E-state index contributed by atoms with van der Waals surface area (Å²) in [6.45, 7) is 7.13. The molecule has 2 atom stereocenters. The minimum atomic E-state index is -1.32. The molecule has 0 aromatic carbocycles. The number of unbranched alkanes of at least 4 members (excludes halogenated alkanes) is 8. The van der Waals surface area contributed by atoms with E-state index in [9.17, 15) is 24.3 Å². The van der Waals surface area contributed by atoms with Crippen LogP contribution in [-0.4, -0.2) is 52.0 Å². The fourth-order valence-corrected chi connectivity index (χ4v) is 3.29. The number of amides is 1. The zero-order chi connectivity index (χ0) is 25.3. The van der Waals surface area contributed by atoms with Gasteiger partial charge in [-0.3, -0.25) is 9.59 Å². The molecule has 0 saturated carbocycles. The second-order valence-corrected chi connectivity index (χ2v) is 9.40. The van der Waals surface area contributed by atoms with E-state index in [2.05, 4.69) is 12.2 Å². The van der Waals surface area contributed by atoms with Gasteiger partial charge in [0, 0.05) is 6.42 Å². The quantitative estimate of drug-likeness (QED) is 0.186. The number of carboxylic acid groups (broad SMARTS) is 2. The molecular weight excluding hydrogens is 430 g/mol. The number of hydrogen-bond acceptors (Lipinski definition) is 6. The molecule has 33 heavy (non-hydrogen) atoms. The van der Waals surface area contributed by atoms with Crippen LogP contribution in [0.5, 0.6) is 0 Å². The molecule has 0 aliphatic heterocycles. The Morgan fingerprint density at radius 2 is 1.39 bits per heavy atom. The Morgan fingerprint density at radius 3 is 1.88 bits per heavy atom. The molecule has 0 aliphatic carbocycles. The Balaban J connectivity index is 4.39. The van der Waals surface area contributed by atoms with E-state index < -0.39 is 41.7 Å². The van der Waals surface area contributed by atoms with Crippen LogP contribution < -0.4 is 5.32 Å². The second kappa shape index (κ2) is 17.2. The van der Waals surface area contributed by atoms with Crippen molar-refractivity contribution in [1.82, 2.24) is 5.32 Å². The molecule has 0 spiro atoms. The Bertz CT molecular complexity index is 600. The van der Waals surface area contributed by atoms with Gasteiger partial charge in [0.15, 0.2) is 0 Å². The highest BCUT2D eigenvalue weighted by atomic mass is 16.6. The number of ether oxygens (including phenoxy) is 2. The Morgan fingerprint density at radius 1 is 0.848 bits per heavy atom. The SMILES string of the molecule is CCCCCCCCCCC[C@H](CC(=O)O)OC(=O)CCC(NC(=O)OC(C)(C)C)C(=O)O. The smallest absolute Gasteiger partial charge is 0.408 e. The molecule has 0 heterocycles. The summed E-state index contributed by atoms with van der Waals surface area (Å²) in [6.07, 6.45) is 8.20. The summed E-state index contributed by atoms with van der Waals surface area (Å²) in [4.78, 5) is 46.5. The number of hydrogen-bond donors (Lipinski definition) is 3. The second-order valence-electron chi connectivity index (χ2n) is 9.40. The van der Waals surface area contributed by atoms with E-state index in [1.807, 2.05) is 0 Å². The first-order valence-corrected chi connectivity index (χ1v) is 12.1. The van der Waals surface area contributed by atoms with Crippen LogP contribution in [0.1, 0.15) is 111 Å². The lowest BCUT2D eigenvalue weighted by atomic mass is 10.0. The van der Waals surface area contributed by atoms with Crippen LogP contribution in [-0.2, 0) is 23.9 Å². The molecule has 0 saturated heterocycles. The van der Waals surface area contributed by atoms with Crippen molar-refractivity contribution in [3.8, 4) is 0 Å². The summed E-state index contributed by atoms with van der Waals surface area (Å²) in [5.74, 6) is -3.04. The lowest BCUT2D eigenvalue weighted by Crippen LogP contribution is -2.43. The van der Waals surface area contributed by atoms with Crippen molar-refractivity contribution in [1.29, 1.82) is 0 Å². The minimum absolute atomic E-state index is 0.189. The molecule has 0 aliphatic rings. The number of carbonyl (C=O) groups excluding carboxylic acids is 2. The van der Waals surface area contributed by atoms with Crippen LogP contribution in [0.25, 0.3) is 0 Å². The summed E-state index contributed by atoms with van der Waals surface area (Å²) < 4.78 is 10.3. The van der Waals surface area contributed by atoms with Gasteiger partial charge >= 0.3 is 24.0 Å². The van der Waals surface area contributed by atoms with Gasteiger partial charge in [-0.05, 0) is 40.0 Å². The fraction of sp³-hybridized carbons (Fsp3) is 0.833. The molecule has 1 amide bonds. The molecule has 0 aromatic rings. The maximum absolute atomic E-state index is 12.2. The lowest BCUT2D eigenvalue weighted by molar-refractivity contribution is -0.153. The number of nitrogens with one attached hydrogen (secondary N) is 1. The lowest BCUT2D eigenvalue weighted by Gasteiger charge is -2.22. The Hall–Kier alpha value is -2.32. The fourth-order valence-electron chi connectivity index (χ4n) is 3.29. The third-order valence-corrected chi connectivity index (χ3v) is 4.96. The van der Waals surface area contributed by atoms with Crippen LogP contribution in [0.3, 0.4) is 0 Å². The van der Waals surface area contributed by atoms with Gasteiger partial charge in [-0.2, -0.15) is 0 Å². The normalized spacial score (nSPS) is 13.1. The monoisotopic (exact) mass is 473 g/mol. The van der Waals surface area contributed by atoms with Crippen LogP contribution in [0.2, 0.25) is 0 Å². The van der Waals surface area contributed by atoms with Crippen LogP contribution >= 0.6 is 0 Å². The molecule has 0 fully saturated rings. The van der Waals surface area contributed by atoms with Gasteiger partial charge in [-0.15, -0.1) is 0 Å². The topological polar surface area (TPSA) is 139 Å². The zero-order valence-electron chi connectivity index (χ0n) is 20.7. The number of carboxylic acids is 2. The molecule has 1 unspecified atom stereocenters. The van der Waals surface area contributed by atoms with E-state index in [4.69, 9.17) is 14.6 Å². The van der Waals surface area contributed by atoms with Crippen LogP contribution in [0.4, 0.5) is 4.79 Å².